The minimum absolute atomic E-state index is 0.109. The van der Waals surface area contributed by atoms with Crippen LogP contribution in [0.3, 0.4) is 0 Å². The molecule has 1 heterocycles. The summed E-state index contributed by atoms with van der Waals surface area (Å²) in [5.41, 5.74) is 0.824. The molecular formula is C18H28F3N5O2S. The smallest absolute Gasteiger partial charge is 0.357 e. The quantitative estimate of drug-likeness (QED) is 0.503. The number of halogens is 3. The van der Waals surface area contributed by atoms with Crippen LogP contribution in [0.5, 0.6) is 0 Å². The number of sulfonamides is 1. The van der Waals surface area contributed by atoms with E-state index in [-0.39, 0.29) is 10.9 Å². The van der Waals surface area contributed by atoms with Crippen molar-refractivity contribution in [1.29, 1.82) is 0 Å². The Labute approximate surface area is 170 Å². The Morgan fingerprint density at radius 2 is 1.93 bits per heavy atom. The van der Waals surface area contributed by atoms with Gasteiger partial charge >= 0.3 is 6.18 Å². The van der Waals surface area contributed by atoms with Crippen LogP contribution in [-0.4, -0.2) is 76.1 Å². The van der Waals surface area contributed by atoms with Crippen LogP contribution < -0.4 is 10.6 Å². The highest BCUT2D eigenvalue weighted by Crippen LogP contribution is 2.20. The van der Waals surface area contributed by atoms with E-state index in [0.29, 0.717) is 38.6 Å². The van der Waals surface area contributed by atoms with E-state index in [0.717, 1.165) is 9.87 Å². The number of rotatable bonds is 7. The summed E-state index contributed by atoms with van der Waals surface area (Å²) >= 11 is 0. The third kappa shape index (κ3) is 7.16. The van der Waals surface area contributed by atoms with Gasteiger partial charge in [0.2, 0.25) is 10.0 Å². The number of guanidine groups is 1. The first-order chi connectivity index (χ1) is 13.5. The summed E-state index contributed by atoms with van der Waals surface area (Å²) in [6.45, 7) is 2.63. The first kappa shape index (κ1) is 23.4. The molecule has 0 bridgehead atoms. The van der Waals surface area contributed by atoms with Crippen LogP contribution in [-0.2, 0) is 16.6 Å². The van der Waals surface area contributed by atoms with Crippen LogP contribution in [0.15, 0.2) is 34.2 Å². The summed E-state index contributed by atoms with van der Waals surface area (Å²) in [5, 5.41) is 6.27. The molecule has 0 saturated carbocycles. The monoisotopic (exact) mass is 435 g/mol. The first-order valence-electron chi connectivity index (χ1n) is 9.36. The number of alkyl halides is 3. The zero-order valence-electron chi connectivity index (χ0n) is 16.8. The molecule has 0 radical (unpaired) electrons. The van der Waals surface area contributed by atoms with Gasteiger partial charge in [-0.25, -0.2) is 17.7 Å². The zero-order valence-corrected chi connectivity index (χ0v) is 17.6. The number of hydrogen-bond acceptors (Lipinski definition) is 4. The standard InChI is InChI=1S/C18H28F3N5O2S/c1-4-22-17(24-15-9-10-26(12-15)13-18(19,20)21)23-11-14-5-7-16(8-6-14)29(27,28)25(2)3/h5-8,15H,4,9-13H2,1-3H3,(H2,22,23,24). The second kappa shape index (κ2) is 9.77. The van der Waals surface area contributed by atoms with Crippen molar-refractivity contribution in [3.05, 3.63) is 29.8 Å². The van der Waals surface area contributed by atoms with E-state index in [1.54, 1.807) is 12.1 Å². The molecule has 1 aromatic carbocycles. The van der Waals surface area contributed by atoms with Crippen molar-refractivity contribution in [2.24, 2.45) is 4.99 Å². The van der Waals surface area contributed by atoms with E-state index in [1.807, 2.05) is 6.92 Å². The van der Waals surface area contributed by atoms with Crippen molar-refractivity contribution in [2.45, 2.75) is 37.0 Å². The summed E-state index contributed by atoms with van der Waals surface area (Å²) in [4.78, 5) is 6.05. The van der Waals surface area contributed by atoms with Gasteiger partial charge in [0, 0.05) is 39.8 Å². The Hall–Kier alpha value is -1.85. The molecule has 0 spiro atoms. The Bertz CT molecular complexity index is 795. The highest BCUT2D eigenvalue weighted by molar-refractivity contribution is 7.89. The fourth-order valence-electron chi connectivity index (χ4n) is 3.01. The molecule has 2 N–H and O–H groups in total. The molecule has 1 aliphatic heterocycles. The summed E-state index contributed by atoms with van der Waals surface area (Å²) in [7, 11) is -0.534. The lowest BCUT2D eigenvalue weighted by atomic mass is 10.2. The largest absolute Gasteiger partial charge is 0.401 e. The maximum atomic E-state index is 12.5. The molecule has 1 aromatic rings. The van der Waals surface area contributed by atoms with E-state index < -0.39 is 22.7 Å². The number of aliphatic imine (C=N–C) groups is 1. The molecule has 0 aliphatic carbocycles. The highest BCUT2D eigenvalue weighted by atomic mass is 32.2. The molecule has 2 rings (SSSR count). The van der Waals surface area contributed by atoms with Crippen LogP contribution in [0.4, 0.5) is 13.2 Å². The molecule has 7 nitrogen and oxygen atoms in total. The third-order valence-electron chi connectivity index (χ3n) is 4.48. The van der Waals surface area contributed by atoms with Gasteiger partial charge in [-0.15, -0.1) is 0 Å². The van der Waals surface area contributed by atoms with E-state index in [9.17, 15) is 21.6 Å². The molecule has 0 aromatic heterocycles. The number of hydrogen-bond donors (Lipinski definition) is 2. The Balaban J connectivity index is 1.97. The third-order valence-corrected chi connectivity index (χ3v) is 6.31. The lowest BCUT2D eigenvalue weighted by Gasteiger charge is -2.19. The van der Waals surface area contributed by atoms with Crippen molar-refractivity contribution >= 4 is 16.0 Å². The molecule has 1 aliphatic rings. The lowest BCUT2D eigenvalue weighted by Crippen LogP contribution is -2.45. The van der Waals surface area contributed by atoms with Crippen LogP contribution in [0.1, 0.15) is 18.9 Å². The van der Waals surface area contributed by atoms with E-state index in [2.05, 4.69) is 15.6 Å². The summed E-state index contributed by atoms with van der Waals surface area (Å²) in [5.74, 6) is 0.524. The average Bonchev–Trinajstić information content (AvgIpc) is 3.05. The van der Waals surface area contributed by atoms with Gasteiger partial charge < -0.3 is 10.6 Å². The Kier molecular flexibility index (Phi) is 7.89. The topological polar surface area (TPSA) is 77.0 Å². The van der Waals surface area contributed by atoms with Crippen LogP contribution in [0.25, 0.3) is 0 Å². The van der Waals surface area contributed by atoms with Crippen molar-refractivity contribution in [3.8, 4) is 0 Å². The van der Waals surface area contributed by atoms with E-state index >= 15 is 0 Å². The lowest BCUT2D eigenvalue weighted by molar-refractivity contribution is -0.143. The first-order valence-corrected chi connectivity index (χ1v) is 10.8. The second-order valence-corrected chi connectivity index (χ2v) is 9.26. The van der Waals surface area contributed by atoms with Crippen LogP contribution in [0.2, 0.25) is 0 Å². The predicted octanol–water partition coefficient (Wildman–Crippen LogP) is 1.63. The minimum Gasteiger partial charge on any atom is -0.357 e. The molecule has 1 unspecified atom stereocenters. The molecule has 1 saturated heterocycles. The van der Waals surface area contributed by atoms with Gasteiger partial charge in [-0.05, 0) is 31.0 Å². The number of nitrogens with zero attached hydrogens (tertiary/aromatic N) is 3. The molecule has 164 valence electrons. The van der Waals surface area contributed by atoms with E-state index in [1.165, 1.54) is 31.1 Å². The van der Waals surface area contributed by atoms with Gasteiger partial charge in [0.1, 0.15) is 0 Å². The van der Waals surface area contributed by atoms with Gasteiger partial charge in [-0.3, -0.25) is 4.90 Å². The second-order valence-electron chi connectivity index (χ2n) is 7.11. The van der Waals surface area contributed by atoms with E-state index in [4.69, 9.17) is 0 Å². The molecule has 1 fully saturated rings. The maximum absolute atomic E-state index is 12.5. The highest BCUT2D eigenvalue weighted by Gasteiger charge is 2.34. The van der Waals surface area contributed by atoms with Crippen LogP contribution in [0, 0.1) is 0 Å². The average molecular weight is 436 g/mol. The Morgan fingerprint density at radius 1 is 1.28 bits per heavy atom. The van der Waals surface area contributed by atoms with Gasteiger partial charge in [-0.1, -0.05) is 12.1 Å². The summed E-state index contributed by atoms with van der Waals surface area (Å²) < 4.78 is 63.0. The van der Waals surface area contributed by atoms with Crippen molar-refractivity contribution in [2.75, 3.05) is 40.3 Å². The zero-order chi connectivity index (χ0) is 21.7. The SMILES string of the molecule is CCNC(=NCc1ccc(S(=O)(=O)N(C)C)cc1)NC1CCN(CC(F)(F)F)C1. The maximum Gasteiger partial charge on any atom is 0.401 e. The minimum atomic E-state index is -4.19. The Morgan fingerprint density at radius 3 is 2.48 bits per heavy atom. The molecule has 11 heteroatoms. The van der Waals surface area contributed by atoms with Crippen molar-refractivity contribution in [3.63, 3.8) is 0 Å². The number of likely N-dealkylation sites (tertiary alicyclic amines) is 1. The van der Waals surface area contributed by atoms with Crippen molar-refractivity contribution < 1.29 is 21.6 Å². The molecular weight excluding hydrogens is 407 g/mol. The van der Waals surface area contributed by atoms with Gasteiger partial charge in [0.15, 0.2) is 5.96 Å². The number of nitrogens with one attached hydrogen (secondary N) is 2. The fourth-order valence-corrected chi connectivity index (χ4v) is 3.91. The summed E-state index contributed by atoms with van der Waals surface area (Å²) in [6, 6.07) is 6.36. The van der Waals surface area contributed by atoms with Crippen molar-refractivity contribution in [1.82, 2.24) is 19.8 Å². The van der Waals surface area contributed by atoms with Crippen LogP contribution >= 0.6 is 0 Å². The van der Waals surface area contributed by atoms with Gasteiger partial charge in [0.25, 0.3) is 0 Å². The van der Waals surface area contributed by atoms with Gasteiger partial charge in [0.05, 0.1) is 18.0 Å². The molecule has 29 heavy (non-hydrogen) atoms. The summed E-state index contributed by atoms with van der Waals surface area (Å²) in [6.07, 6.45) is -3.59. The fraction of sp³-hybridized carbons (Fsp3) is 0.611. The number of benzene rings is 1. The molecule has 0 amide bonds. The molecule has 1 atom stereocenters. The normalized spacial score (nSPS) is 19.0. The predicted molar refractivity (Wildman–Crippen MR) is 106 cm³/mol. The van der Waals surface area contributed by atoms with Gasteiger partial charge in [-0.2, -0.15) is 13.2 Å².